The van der Waals surface area contributed by atoms with Crippen molar-refractivity contribution < 1.29 is 9.59 Å². The number of nitrogens with zero attached hydrogens (tertiary/aromatic N) is 1. The van der Waals surface area contributed by atoms with E-state index in [4.69, 9.17) is 0 Å². The van der Waals surface area contributed by atoms with Crippen LogP contribution >= 0.6 is 0 Å². The van der Waals surface area contributed by atoms with Gasteiger partial charge in [-0.2, -0.15) is 0 Å². The predicted octanol–water partition coefficient (Wildman–Crippen LogP) is -0.421. The molecule has 0 atom stereocenters. The van der Waals surface area contributed by atoms with E-state index < -0.39 is 5.54 Å². The Balaban J connectivity index is 4.28. The Bertz CT molecular complexity index is 239. The fourth-order valence-corrected chi connectivity index (χ4v) is 1.12. The third-order valence-electron chi connectivity index (χ3n) is 2.26. The molecule has 0 radical (unpaired) electrons. The van der Waals surface area contributed by atoms with Crippen LogP contribution in [-0.4, -0.2) is 49.4 Å². The first kappa shape index (κ1) is 13.9. The Kier molecular flexibility index (Phi) is 5.28. The molecule has 0 bridgehead atoms. The van der Waals surface area contributed by atoms with Crippen molar-refractivity contribution in [3.05, 3.63) is 0 Å². The van der Waals surface area contributed by atoms with Gasteiger partial charge in [0.1, 0.15) is 0 Å². The van der Waals surface area contributed by atoms with E-state index in [0.717, 1.165) is 0 Å². The normalized spacial score (nSPS) is 11.0. The van der Waals surface area contributed by atoms with Gasteiger partial charge in [0.2, 0.25) is 11.8 Å². The maximum Gasteiger partial charge on any atom is 0.242 e. The molecule has 0 aromatic rings. The van der Waals surface area contributed by atoms with Crippen molar-refractivity contribution in [1.29, 1.82) is 0 Å². The standard InChI is InChI=1S/C10H21N3O2/c1-6-12-8(14)7-13(5)9(15)10(2,3)11-4/h11H,6-7H2,1-5H3,(H,12,14). The zero-order valence-corrected chi connectivity index (χ0v) is 10.2. The molecule has 0 fully saturated rings. The first-order chi connectivity index (χ1) is 6.85. The van der Waals surface area contributed by atoms with Crippen LogP contribution in [0.4, 0.5) is 0 Å². The first-order valence-electron chi connectivity index (χ1n) is 5.06. The van der Waals surface area contributed by atoms with Crippen molar-refractivity contribution in [2.75, 3.05) is 27.2 Å². The van der Waals surface area contributed by atoms with E-state index >= 15 is 0 Å². The number of carbonyl (C=O) groups excluding carboxylic acids is 2. The van der Waals surface area contributed by atoms with Crippen LogP contribution in [0.2, 0.25) is 0 Å². The van der Waals surface area contributed by atoms with Crippen molar-refractivity contribution in [2.24, 2.45) is 0 Å². The van der Waals surface area contributed by atoms with Crippen LogP contribution in [-0.2, 0) is 9.59 Å². The van der Waals surface area contributed by atoms with Crippen LogP contribution in [0.3, 0.4) is 0 Å². The van der Waals surface area contributed by atoms with Crippen molar-refractivity contribution in [1.82, 2.24) is 15.5 Å². The molecule has 5 nitrogen and oxygen atoms in total. The summed E-state index contributed by atoms with van der Waals surface area (Å²) in [5, 5.41) is 5.55. The van der Waals surface area contributed by atoms with E-state index in [0.29, 0.717) is 6.54 Å². The molecular formula is C10H21N3O2. The van der Waals surface area contributed by atoms with Crippen LogP contribution in [0.1, 0.15) is 20.8 Å². The number of hydrogen-bond acceptors (Lipinski definition) is 3. The van der Waals surface area contributed by atoms with Gasteiger partial charge in [-0.3, -0.25) is 9.59 Å². The second kappa shape index (κ2) is 5.70. The molecule has 0 saturated heterocycles. The monoisotopic (exact) mass is 215 g/mol. The van der Waals surface area contributed by atoms with E-state index in [9.17, 15) is 9.59 Å². The molecular weight excluding hydrogens is 194 g/mol. The highest BCUT2D eigenvalue weighted by Gasteiger charge is 2.29. The van der Waals surface area contributed by atoms with E-state index in [-0.39, 0.29) is 18.4 Å². The Morgan fingerprint density at radius 1 is 1.33 bits per heavy atom. The second-order valence-corrected chi connectivity index (χ2v) is 3.99. The Morgan fingerprint density at radius 2 is 1.87 bits per heavy atom. The summed E-state index contributed by atoms with van der Waals surface area (Å²) in [5.41, 5.74) is -0.638. The SMILES string of the molecule is CCNC(=O)CN(C)C(=O)C(C)(C)NC. The van der Waals surface area contributed by atoms with Crippen molar-refractivity contribution in [3.8, 4) is 0 Å². The largest absolute Gasteiger partial charge is 0.355 e. The van der Waals surface area contributed by atoms with Crippen molar-refractivity contribution >= 4 is 11.8 Å². The molecule has 5 heteroatoms. The van der Waals surface area contributed by atoms with E-state index in [1.807, 2.05) is 6.92 Å². The third-order valence-corrected chi connectivity index (χ3v) is 2.26. The number of rotatable bonds is 5. The van der Waals surface area contributed by atoms with E-state index in [1.165, 1.54) is 4.90 Å². The van der Waals surface area contributed by atoms with Crippen LogP contribution in [0, 0.1) is 0 Å². The van der Waals surface area contributed by atoms with Crippen molar-refractivity contribution in [2.45, 2.75) is 26.3 Å². The quantitative estimate of drug-likeness (QED) is 0.655. The molecule has 0 spiro atoms. The molecule has 0 aliphatic carbocycles. The summed E-state index contributed by atoms with van der Waals surface area (Å²) in [4.78, 5) is 24.5. The van der Waals surface area contributed by atoms with Gasteiger partial charge in [0.15, 0.2) is 0 Å². The molecule has 15 heavy (non-hydrogen) atoms. The highest BCUT2D eigenvalue weighted by Crippen LogP contribution is 2.05. The van der Waals surface area contributed by atoms with Gasteiger partial charge in [0.05, 0.1) is 12.1 Å². The second-order valence-electron chi connectivity index (χ2n) is 3.99. The average Bonchev–Trinajstić information content (AvgIpc) is 2.16. The third kappa shape index (κ3) is 4.29. The minimum Gasteiger partial charge on any atom is -0.355 e. The minimum absolute atomic E-state index is 0.0950. The van der Waals surface area contributed by atoms with Crippen molar-refractivity contribution in [3.63, 3.8) is 0 Å². The summed E-state index contributed by atoms with van der Waals surface area (Å²) in [6.07, 6.45) is 0. The van der Waals surface area contributed by atoms with E-state index in [1.54, 1.807) is 27.9 Å². The maximum atomic E-state index is 11.8. The van der Waals surface area contributed by atoms with Crippen LogP contribution in [0.5, 0.6) is 0 Å². The molecule has 2 N–H and O–H groups in total. The highest BCUT2D eigenvalue weighted by atomic mass is 16.2. The molecule has 2 amide bonds. The molecule has 0 aliphatic rings. The number of nitrogens with one attached hydrogen (secondary N) is 2. The zero-order chi connectivity index (χ0) is 12.1. The molecule has 0 rings (SSSR count). The van der Waals surface area contributed by atoms with Gasteiger partial charge in [-0.1, -0.05) is 0 Å². The molecule has 0 aliphatic heterocycles. The number of likely N-dealkylation sites (N-methyl/N-ethyl adjacent to an activating group) is 3. The van der Waals surface area contributed by atoms with Crippen LogP contribution in [0.25, 0.3) is 0 Å². The van der Waals surface area contributed by atoms with Gasteiger partial charge in [0.25, 0.3) is 0 Å². The van der Waals surface area contributed by atoms with E-state index in [2.05, 4.69) is 10.6 Å². The Hall–Kier alpha value is -1.10. The number of amides is 2. The summed E-state index contributed by atoms with van der Waals surface area (Å²) < 4.78 is 0. The summed E-state index contributed by atoms with van der Waals surface area (Å²) in [5.74, 6) is -0.239. The summed E-state index contributed by atoms with van der Waals surface area (Å²) >= 11 is 0. The predicted molar refractivity (Wildman–Crippen MR) is 59.5 cm³/mol. The molecule has 0 saturated carbocycles. The van der Waals surface area contributed by atoms with Gasteiger partial charge >= 0.3 is 0 Å². The first-order valence-corrected chi connectivity index (χ1v) is 5.06. The van der Waals surface area contributed by atoms with Gasteiger partial charge in [-0.25, -0.2) is 0 Å². The molecule has 0 heterocycles. The number of carbonyl (C=O) groups is 2. The Labute approximate surface area is 91.2 Å². The van der Waals surface area contributed by atoms with Gasteiger partial charge in [-0.05, 0) is 27.8 Å². The van der Waals surface area contributed by atoms with Crippen LogP contribution in [0.15, 0.2) is 0 Å². The smallest absolute Gasteiger partial charge is 0.242 e. The topological polar surface area (TPSA) is 61.4 Å². The average molecular weight is 215 g/mol. The molecule has 0 unspecified atom stereocenters. The lowest BCUT2D eigenvalue weighted by Crippen LogP contribution is -2.53. The highest BCUT2D eigenvalue weighted by molar-refractivity contribution is 5.89. The fraction of sp³-hybridized carbons (Fsp3) is 0.800. The molecule has 0 aromatic heterocycles. The maximum absolute atomic E-state index is 11.8. The molecule has 88 valence electrons. The fourth-order valence-electron chi connectivity index (χ4n) is 1.12. The summed E-state index contributed by atoms with van der Waals surface area (Å²) in [6.45, 7) is 6.08. The van der Waals surface area contributed by atoms with Gasteiger partial charge in [-0.15, -0.1) is 0 Å². The lowest BCUT2D eigenvalue weighted by Gasteiger charge is -2.28. The Morgan fingerprint density at radius 3 is 2.27 bits per heavy atom. The lowest BCUT2D eigenvalue weighted by atomic mass is 10.0. The minimum atomic E-state index is -0.638. The molecule has 0 aromatic carbocycles. The zero-order valence-electron chi connectivity index (χ0n) is 10.2. The van der Waals surface area contributed by atoms with Gasteiger partial charge < -0.3 is 15.5 Å². The number of hydrogen-bond donors (Lipinski definition) is 2. The lowest BCUT2D eigenvalue weighted by molar-refractivity contribution is -0.139. The summed E-state index contributed by atoms with van der Waals surface area (Å²) in [6, 6.07) is 0. The summed E-state index contributed by atoms with van der Waals surface area (Å²) in [7, 11) is 3.34. The van der Waals surface area contributed by atoms with Crippen LogP contribution < -0.4 is 10.6 Å². The van der Waals surface area contributed by atoms with Gasteiger partial charge in [0, 0.05) is 13.6 Å².